The molecule has 1 heterocycles. The highest BCUT2D eigenvalue weighted by Crippen LogP contribution is 2.14. The normalized spacial score (nSPS) is 18.6. The van der Waals surface area contributed by atoms with E-state index in [0.29, 0.717) is 12.5 Å². The fourth-order valence-electron chi connectivity index (χ4n) is 1.84. The van der Waals surface area contributed by atoms with Gasteiger partial charge in [-0.05, 0) is 19.8 Å². The third-order valence-electron chi connectivity index (χ3n) is 2.60. The zero-order valence-corrected chi connectivity index (χ0v) is 8.58. The van der Waals surface area contributed by atoms with Crippen molar-refractivity contribution in [2.75, 3.05) is 19.8 Å². The van der Waals surface area contributed by atoms with Gasteiger partial charge >= 0.3 is 0 Å². The predicted molar refractivity (Wildman–Crippen MR) is 51.5 cm³/mol. The molecule has 1 fully saturated rings. The summed E-state index contributed by atoms with van der Waals surface area (Å²) in [5.74, 6) is 0.273. The van der Waals surface area contributed by atoms with Crippen molar-refractivity contribution in [3.8, 4) is 0 Å². The van der Waals surface area contributed by atoms with Crippen molar-refractivity contribution in [3.63, 3.8) is 0 Å². The van der Waals surface area contributed by atoms with Gasteiger partial charge < -0.3 is 9.64 Å². The first-order valence-corrected chi connectivity index (χ1v) is 5.16. The molecule has 0 aliphatic carbocycles. The van der Waals surface area contributed by atoms with E-state index in [1.807, 2.05) is 18.7 Å². The molecule has 13 heavy (non-hydrogen) atoms. The maximum Gasteiger partial charge on any atom is 0.222 e. The zero-order valence-electron chi connectivity index (χ0n) is 8.58. The van der Waals surface area contributed by atoms with Crippen molar-refractivity contribution in [2.24, 2.45) is 0 Å². The Morgan fingerprint density at radius 3 is 2.46 bits per heavy atom. The number of hydrogen-bond acceptors (Lipinski definition) is 2. The van der Waals surface area contributed by atoms with Gasteiger partial charge in [-0.25, -0.2) is 0 Å². The summed E-state index contributed by atoms with van der Waals surface area (Å²) >= 11 is 0. The van der Waals surface area contributed by atoms with Crippen LogP contribution in [-0.4, -0.2) is 36.6 Å². The summed E-state index contributed by atoms with van der Waals surface area (Å²) in [7, 11) is 0. The Labute approximate surface area is 80.1 Å². The van der Waals surface area contributed by atoms with Crippen molar-refractivity contribution < 1.29 is 9.53 Å². The summed E-state index contributed by atoms with van der Waals surface area (Å²) in [6, 6.07) is 0.422. The Balaban J connectivity index is 2.48. The molecule has 3 heteroatoms. The first-order chi connectivity index (χ1) is 6.29. The molecule has 1 amide bonds. The Hall–Kier alpha value is -0.570. The number of nitrogens with zero attached hydrogens (tertiary/aromatic N) is 1. The molecule has 0 aromatic heterocycles. The van der Waals surface area contributed by atoms with E-state index in [9.17, 15) is 4.79 Å². The molecule has 0 radical (unpaired) electrons. The SMILES string of the molecule is CCC(=O)N(CC)C1CCOCC1. The highest BCUT2D eigenvalue weighted by Gasteiger charge is 2.22. The number of rotatable bonds is 3. The van der Waals surface area contributed by atoms with Gasteiger partial charge in [-0.15, -0.1) is 0 Å². The van der Waals surface area contributed by atoms with E-state index < -0.39 is 0 Å². The molecular weight excluding hydrogens is 166 g/mol. The minimum atomic E-state index is 0.273. The van der Waals surface area contributed by atoms with Crippen molar-refractivity contribution >= 4 is 5.91 Å². The van der Waals surface area contributed by atoms with Crippen LogP contribution in [-0.2, 0) is 9.53 Å². The second kappa shape index (κ2) is 5.22. The summed E-state index contributed by atoms with van der Waals surface area (Å²) in [6.45, 7) is 6.40. The Morgan fingerprint density at radius 2 is 2.00 bits per heavy atom. The van der Waals surface area contributed by atoms with Gasteiger partial charge in [0.25, 0.3) is 0 Å². The zero-order chi connectivity index (χ0) is 9.68. The first-order valence-electron chi connectivity index (χ1n) is 5.16. The number of ether oxygens (including phenoxy) is 1. The van der Waals surface area contributed by atoms with E-state index in [2.05, 4.69) is 0 Å². The molecule has 76 valence electrons. The van der Waals surface area contributed by atoms with Crippen LogP contribution in [0, 0.1) is 0 Å². The third kappa shape index (κ3) is 2.69. The lowest BCUT2D eigenvalue weighted by Gasteiger charge is -2.33. The van der Waals surface area contributed by atoms with Crippen LogP contribution in [0.2, 0.25) is 0 Å². The molecule has 0 N–H and O–H groups in total. The molecule has 0 aromatic carbocycles. The quantitative estimate of drug-likeness (QED) is 0.665. The van der Waals surface area contributed by atoms with Crippen molar-refractivity contribution in [1.29, 1.82) is 0 Å². The second-order valence-electron chi connectivity index (χ2n) is 3.38. The van der Waals surface area contributed by atoms with Crippen LogP contribution in [0.15, 0.2) is 0 Å². The minimum absolute atomic E-state index is 0.273. The molecule has 1 aliphatic rings. The molecule has 0 unspecified atom stereocenters. The van der Waals surface area contributed by atoms with Crippen molar-refractivity contribution in [2.45, 2.75) is 39.2 Å². The molecule has 0 spiro atoms. The van der Waals surface area contributed by atoms with Crippen molar-refractivity contribution in [1.82, 2.24) is 4.90 Å². The number of carbonyl (C=O) groups is 1. The van der Waals surface area contributed by atoms with Crippen LogP contribution >= 0.6 is 0 Å². The topological polar surface area (TPSA) is 29.5 Å². The summed E-state index contributed by atoms with van der Waals surface area (Å²) in [6.07, 6.45) is 2.62. The molecule has 3 nitrogen and oxygen atoms in total. The van der Waals surface area contributed by atoms with Gasteiger partial charge in [0.15, 0.2) is 0 Å². The second-order valence-corrected chi connectivity index (χ2v) is 3.38. The molecule has 1 rings (SSSR count). The van der Waals surface area contributed by atoms with Crippen LogP contribution in [0.5, 0.6) is 0 Å². The lowest BCUT2D eigenvalue weighted by Crippen LogP contribution is -2.42. The maximum absolute atomic E-state index is 11.5. The van der Waals surface area contributed by atoms with E-state index in [0.717, 1.165) is 32.6 Å². The van der Waals surface area contributed by atoms with E-state index >= 15 is 0 Å². The van der Waals surface area contributed by atoms with E-state index in [4.69, 9.17) is 4.74 Å². The van der Waals surface area contributed by atoms with Crippen LogP contribution in [0.3, 0.4) is 0 Å². The van der Waals surface area contributed by atoms with E-state index in [-0.39, 0.29) is 5.91 Å². The largest absolute Gasteiger partial charge is 0.381 e. The van der Waals surface area contributed by atoms with E-state index in [1.54, 1.807) is 0 Å². The monoisotopic (exact) mass is 185 g/mol. The first kappa shape index (κ1) is 10.5. The van der Waals surface area contributed by atoms with Crippen LogP contribution in [0.1, 0.15) is 33.1 Å². The fraction of sp³-hybridized carbons (Fsp3) is 0.900. The molecule has 0 aromatic rings. The maximum atomic E-state index is 11.5. The molecule has 0 atom stereocenters. The Bertz CT molecular complexity index is 164. The minimum Gasteiger partial charge on any atom is -0.381 e. The van der Waals surface area contributed by atoms with Gasteiger partial charge in [0.1, 0.15) is 0 Å². The highest BCUT2D eigenvalue weighted by molar-refractivity contribution is 5.76. The van der Waals surface area contributed by atoms with Gasteiger partial charge in [0.05, 0.1) is 0 Å². The van der Waals surface area contributed by atoms with Gasteiger partial charge in [0, 0.05) is 32.2 Å². The predicted octanol–water partition coefficient (Wildman–Crippen LogP) is 1.42. The number of hydrogen-bond donors (Lipinski definition) is 0. The summed E-state index contributed by atoms with van der Waals surface area (Å²) in [4.78, 5) is 13.5. The number of carbonyl (C=O) groups excluding carboxylic acids is 1. The lowest BCUT2D eigenvalue weighted by atomic mass is 10.1. The summed E-state index contributed by atoms with van der Waals surface area (Å²) in [5.41, 5.74) is 0. The van der Waals surface area contributed by atoms with Gasteiger partial charge in [0.2, 0.25) is 5.91 Å². The molecule has 0 saturated carbocycles. The smallest absolute Gasteiger partial charge is 0.222 e. The lowest BCUT2D eigenvalue weighted by molar-refractivity contribution is -0.134. The molecule has 1 saturated heterocycles. The average molecular weight is 185 g/mol. The molecular formula is C10H19NO2. The Morgan fingerprint density at radius 1 is 1.38 bits per heavy atom. The van der Waals surface area contributed by atoms with Gasteiger partial charge in [-0.1, -0.05) is 6.92 Å². The van der Waals surface area contributed by atoms with Crippen molar-refractivity contribution in [3.05, 3.63) is 0 Å². The standard InChI is InChI=1S/C10H19NO2/c1-3-10(12)11(4-2)9-5-7-13-8-6-9/h9H,3-8H2,1-2H3. The van der Waals surface area contributed by atoms with Gasteiger partial charge in [-0.3, -0.25) is 4.79 Å². The van der Waals surface area contributed by atoms with E-state index in [1.165, 1.54) is 0 Å². The third-order valence-corrected chi connectivity index (χ3v) is 2.60. The average Bonchev–Trinajstić information content (AvgIpc) is 2.20. The van der Waals surface area contributed by atoms with Crippen LogP contribution in [0.25, 0.3) is 0 Å². The summed E-state index contributed by atoms with van der Waals surface area (Å²) < 4.78 is 5.27. The summed E-state index contributed by atoms with van der Waals surface area (Å²) in [5, 5.41) is 0. The highest BCUT2D eigenvalue weighted by atomic mass is 16.5. The van der Waals surface area contributed by atoms with Crippen LogP contribution in [0.4, 0.5) is 0 Å². The fourth-order valence-corrected chi connectivity index (χ4v) is 1.84. The van der Waals surface area contributed by atoms with Crippen LogP contribution < -0.4 is 0 Å². The number of amides is 1. The molecule has 1 aliphatic heterocycles. The molecule has 0 bridgehead atoms. The van der Waals surface area contributed by atoms with Gasteiger partial charge in [-0.2, -0.15) is 0 Å². The Kier molecular flexibility index (Phi) is 4.22.